The summed E-state index contributed by atoms with van der Waals surface area (Å²) in [7, 11) is 0. The number of carbonyl (C=O) groups is 1. The molecule has 1 atom stereocenters. The van der Waals surface area contributed by atoms with E-state index in [9.17, 15) is 23.1 Å². The van der Waals surface area contributed by atoms with Crippen molar-refractivity contribution < 1.29 is 23.1 Å². The Labute approximate surface area is 198 Å². The summed E-state index contributed by atoms with van der Waals surface area (Å²) in [5.41, 5.74) is 2.48. The van der Waals surface area contributed by atoms with E-state index >= 15 is 0 Å². The van der Waals surface area contributed by atoms with Crippen LogP contribution < -0.4 is 4.90 Å². The second-order valence-corrected chi connectivity index (χ2v) is 8.68. The van der Waals surface area contributed by atoms with Crippen LogP contribution in [0.3, 0.4) is 0 Å². The minimum absolute atomic E-state index is 0.313. The molecule has 4 heterocycles. The van der Waals surface area contributed by atoms with Gasteiger partial charge < -0.3 is 15.0 Å². The van der Waals surface area contributed by atoms with Crippen molar-refractivity contribution in [1.82, 2.24) is 19.9 Å². The number of alkyl halides is 3. The number of hydrogen-bond acceptors (Lipinski definition) is 5. The number of hydrogen-bond donors (Lipinski definition) is 2. The summed E-state index contributed by atoms with van der Waals surface area (Å²) in [6, 6.07) is 10.9. The Kier molecular flexibility index (Phi) is 5.88. The van der Waals surface area contributed by atoms with Gasteiger partial charge in [0.05, 0.1) is 22.5 Å². The molecule has 0 spiro atoms. The van der Waals surface area contributed by atoms with Crippen LogP contribution in [0.2, 0.25) is 0 Å². The van der Waals surface area contributed by atoms with Crippen LogP contribution in [-0.4, -0.2) is 44.1 Å². The molecule has 35 heavy (non-hydrogen) atoms. The van der Waals surface area contributed by atoms with Gasteiger partial charge in [0.2, 0.25) is 0 Å². The number of pyridine rings is 2. The van der Waals surface area contributed by atoms with Crippen molar-refractivity contribution in [2.24, 2.45) is 5.92 Å². The lowest BCUT2D eigenvalue weighted by Gasteiger charge is -2.31. The second kappa shape index (κ2) is 9.01. The average molecular weight is 481 g/mol. The van der Waals surface area contributed by atoms with Gasteiger partial charge in [0.1, 0.15) is 11.6 Å². The number of rotatable bonds is 5. The van der Waals surface area contributed by atoms with Crippen LogP contribution in [0.15, 0.2) is 54.9 Å². The third-order valence-electron chi connectivity index (χ3n) is 6.20. The number of H-pyrrole nitrogens is 1. The van der Waals surface area contributed by atoms with E-state index in [0.29, 0.717) is 41.8 Å². The van der Waals surface area contributed by atoms with Gasteiger partial charge in [0.25, 0.3) is 0 Å². The maximum Gasteiger partial charge on any atom is 0.416 e. The molecule has 1 fully saturated rings. The van der Waals surface area contributed by atoms with Crippen molar-refractivity contribution in [1.29, 1.82) is 0 Å². The number of benzene rings is 1. The molecule has 1 saturated heterocycles. The molecule has 1 aliphatic rings. The Morgan fingerprint density at radius 3 is 2.66 bits per heavy atom. The van der Waals surface area contributed by atoms with Gasteiger partial charge in [-0.05, 0) is 54.8 Å². The average Bonchev–Trinajstić information content (AvgIpc) is 3.28. The van der Waals surface area contributed by atoms with E-state index in [0.717, 1.165) is 42.2 Å². The van der Waals surface area contributed by atoms with Crippen molar-refractivity contribution in [2.75, 3.05) is 18.0 Å². The fourth-order valence-corrected chi connectivity index (χ4v) is 4.30. The van der Waals surface area contributed by atoms with Crippen molar-refractivity contribution in [3.8, 4) is 11.4 Å². The number of anilines is 1. The molecule has 0 bridgehead atoms. The van der Waals surface area contributed by atoms with Crippen LogP contribution in [0.5, 0.6) is 0 Å². The monoisotopic (exact) mass is 481 g/mol. The summed E-state index contributed by atoms with van der Waals surface area (Å²) in [6.07, 6.45) is 1.07. The summed E-state index contributed by atoms with van der Waals surface area (Å²) >= 11 is 0. The number of aromatic nitrogens is 4. The number of aliphatic carboxylic acids is 1. The standard InChI is InChI=1S/C25H22F3N5O2/c26-25(27,28)18-5-7-20-21(11-18)32-23(31-20)16-4-6-19(29-13-16)10-15-3-8-22(30-12-15)33-9-1-2-17(14-33)24(34)35/h3-8,11-13,17H,1-2,9-10,14H2,(H,31,32)(H,34,35). The molecular weight excluding hydrogens is 459 g/mol. The lowest BCUT2D eigenvalue weighted by molar-refractivity contribution is -0.142. The minimum atomic E-state index is -4.41. The molecule has 0 aliphatic carbocycles. The highest BCUT2D eigenvalue weighted by molar-refractivity contribution is 5.80. The zero-order valence-corrected chi connectivity index (χ0v) is 18.6. The van der Waals surface area contributed by atoms with Crippen molar-refractivity contribution in [2.45, 2.75) is 25.4 Å². The minimum Gasteiger partial charge on any atom is -0.481 e. The van der Waals surface area contributed by atoms with Crippen molar-refractivity contribution in [3.05, 3.63) is 71.7 Å². The van der Waals surface area contributed by atoms with Gasteiger partial charge >= 0.3 is 12.1 Å². The van der Waals surface area contributed by atoms with Crippen molar-refractivity contribution in [3.63, 3.8) is 0 Å². The number of nitrogens with one attached hydrogen (secondary N) is 1. The molecule has 7 nitrogen and oxygen atoms in total. The van der Waals surface area contributed by atoms with Gasteiger partial charge in [-0.15, -0.1) is 0 Å². The summed E-state index contributed by atoms with van der Waals surface area (Å²) in [5.74, 6) is 0.0769. The van der Waals surface area contributed by atoms with Crippen LogP contribution in [0.1, 0.15) is 29.7 Å². The number of fused-ring (bicyclic) bond motifs is 1. The van der Waals surface area contributed by atoms with Gasteiger partial charge in [0.15, 0.2) is 0 Å². The largest absolute Gasteiger partial charge is 0.481 e. The highest BCUT2D eigenvalue weighted by Crippen LogP contribution is 2.31. The summed E-state index contributed by atoms with van der Waals surface area (Å²) in [6.45, 7) is 1.25. The zero-order valence-electron chi connectivity index (χ0n) is 18.6. The zero-order chi connectivity index (χ0) is 24.6. The van der Waals surface area contributed by atoms with Crippen LogP contribution in [0.25, 0.3) is 22.4 Å². The van der Waals surface area contributed by atoms with E-state index in [-0.39, 0.29) is 5.92 Å². The van der Waals surface area contributed by atoms with E-state index in [1.807, 2.05) is 29.2 Å². The Bertz CT molecular complexity index is 1350. The molecule has 0 saturated carbocycles. The fourth-order valence-electron chi connectivity index (χ4n) is 4.30. The molecule has 1 aliphatic heterocycles. The van der Waals surface area contributed by atoms with E-state index in [4.69, 9.17) is 0 Å². The second-order valence-electron chi connectivity index (χ2n) is 8.68. The van der Waals surface area contributed by atoms with Gasteiger partial charge in [-0.3, -0.25) is 9.78 Å². The highest BCUT2D eigenvalue weighted by atomic mass is 19.4. The molecule has 180 valence electrons. The lowest BCUT2D eigenvalue weighted by atomic mass is 9.98. The SMILES string of the molecule is O=C(O)C1CCCN(c2ccc(Cc3ccc(-c4nc5ccc(C(F)(F)F)cc5[nH]4)cn3)cn2)C1. The number of carboxylic acid groups (broad SMARTS) is 1. The lowest BCUT2D eigenvalue weighted by Crippen LogP contribution is -2.39. The first kappa shape index (κ1) is 22.8. The summed E-state index contributed by atoms with van der Waals surface area (Å²) < 4.78 is 38.9. The Morgan fingerprint density at radius 1 is 1.11 bits per heavy atom. The smallest absolute Gasteiger partial charge is 0.416 e. The van der Waals surface area contributed by atoms with Gasteiger partial charge in [-0.1, -0.05) is 6.07 Å². The predicted molar refractivity (Wildman–Crippen MR) is 124 cm³/mol. The molecular formula is C25H22F3N5O2. The molecule has 2 N–H and O–H groups in total. The third kappa shape index (κ3) is 4.96. The van der Waals surface area contributed by atoms with Crippen LogP contribution in [0, 0.1) is 5.92 Å². The summed E-state index contributed by atoms with van der Waals surface area (Å²) in [5, 5.41) is 9.28. The first-order valence-corrected chi connectivity index (χ1v) is 11.2. The quantitative estimate of drug-likeness (QED) is 0.420. The maximum atomic E-state index is 13.0. The molecule has 4 aromatic rings. The van der Waals surface area contributed by atoms with Crippen LogP contribution >= 0.6 is 0 Å². The molecule has 1 unspecified atom stereocenters. The normalized spacial score (nSPS) is 16.5. The molecule has 1 aromatic carbocycles. The Hall–Kier alpha value is -3.95. The Morgan fingerprint density at radius 2 is 1.97 bits per heavy atom. The summed E-state index contributed by atoms with van der Waals surface area (Å²) in [4.78, 5) is 29.6. The van der Waals surface area contributed by atoms with E-state index in [1.54, 1.807) is 12.4 Å². The van der Waals surface area contributed by atoms with Gasteiger partial charge in [0, 0.05) is 43.2 Å². The van der Waals surface area contributed by atoms with E-state index < -0.39 is 17.7 Å². The topological polar surface area (TPSA) is 95.0 Å². The maximum absolute atomic E-state index is 13.0. The van der Waals surface area contributed by atoms with E-state index in [2.05, 4.69) is 19.9 Å². The van der Waals surface area contributed by atoms with E-state index in [1.165, 1.54) is 6.07 Å². The number of carboxylic acids is 1. The van der Waals surface area contributed by atoms with Crippen LogP contribution in [-0.2, 0) is 17.4 Å². The third-order valence-corrected chi connectivity index (χ3v) is 6.20. The molecule has 0 amide bonds. The fraction of sp³-hybridized carbons (Fsp3) is 0.280. The highest BCUT2D eigenvalue weighted by Gasteiger charge is 2.31. The first-order valence-electron chi connectivity index (χ1n) is 11.2. The molecule has 3 aromatic heterocycles. The number of aromatic amines is 1. The molecule has 0 radical (unpaired) electrons. The van der Waals surface area contributed by atoms with Crippen LogP contribution in [0.4, 0.5) is 19.0 Å². The molecule has 10 heteroatoms. The van der Waals surface area contributed by atoms with Crippen molar-refractivity contribution >= 4 is 22.8 Å². The van der Waals surface area contributed by atoms with Gasteiger partial charge in [-0.2, -0.15) is 13.2 Å². The van der Waals surface area contributed by atoms with Gasteiger partial charge in [-0.25, -0.2) is 9.97 Å². The predicted octanol–water partition coefficient (Wildman–Crippen LogP) is 4.93. The number of halogens is 3. The first-order chi connectivity index (χ1) is 16.8. The molecule has 5 rings (SSSR count). The number of nitrogens with zero attached hydrogens (tertiary/aromatic N) is 4. The number of piperidine rings is 1. The number of imidazole rings is 1. The Balaban J connectivity index is 1.27.